The maximum atomic E-state index is 12.9. The number of carbonyl (C=O) groups excluding carboxylic acids is 1. The number of amides is 1. The van der Waals surface area contributed by atoms with Crippen molar-refractivity contribution in [3.8, 4) is 11.1 Å². The van der Waals surface area contributed by atoms with Gasteiger partial charge in [0.2, 0.25) is 5.72 Å². The number of hydrogen-bond acceptors (Lipinski definition) is 4. The van der Waals surface area contributed by atoms with Crippen molar-refractivity contribution in [3.05, 3.63) is 59.7 Å². The van der Waals surface area contributed by atoms with Crippen molar-refractivity contribution in [2.45, 2.75) is 38.8 Å². The van der Waals surface area contributed by atoms with E-state index in [9.17, 15) is 19.8 Å². The standard InChI is InChI=1S/C24H27NO5/c1-23(2,3)15-12-24(29,21(26)27)25(13-15)22(28)30-14-20-18-10-6-4-8-16(18)17-9-5-7-11-19(17)20/h4-11,15,20,29H,12-14H2,1-3H3,(H,26,27). The first-order chi connectivity index (χ1) is 14.1. The summed E-state index contributed by atoms with van der Waals surface area (Å²) in [6.07, 6.45) is -0.816. The van der Waals surface area contributed by atoms with Crippen molar-refractivity contribution in [1.82, 2.24) is 4.90 Å². The number of nitrogens with zero attached hydrogens (tertiary/aromatic N) is 1. The molecule has 0 aromatic heterocycles. The molecule has 4 rings (SSSR count). The van der Waals surface area contributed by atoms with Crippen molar-refractivity contribution in [1.29, 1.82) is 0 Å². The summed E-state index contributed by atoms with van der Waals surface area (Å²) in [4.78, 5) is 25.7. The van der Waals surface area contributed by atoms with E-state index in [1.54, 1.807) is 0 Å². The Morgan fingerprint density at radius 1 is 1.07 bits per heavy atom. The third kappa shape index (κ3) is 3.25. The van der Waals surface area contributed by atoms with Crippen molar-refractivity contribution in [2.24, 2.45) is 11.3 Å². The quantitative estimate of drug-likeness (QED) is 0.798. The number of likely N-dealkylation sites (tertiary alicyclic amines) is 1. The fraction of sp³-hybridized carbons (Fsp3) is 0.417. The van der Waals surface area contributed by atoms with E-state index >= 15 is 0 Å². The molecule has 2 aliphatic rings. The highest BCUT2D eigenvalue weighted by atomic mass is 16.6. The minimum atomic E-state index is -2.25. The molecule has 1 aliphatic carbocycles. The lowest BCUT2D eigenvalue weighted by molar-refractivity contribution is -0.173. The second-order valence-corrected chi connectivity index (χ2v) is 9.30. The molecule has 6 nitrogen and oxygen atoms in total. The average molecular weight is 409 g/mol. The van der Waals surface area contributed by atoms with Crippen LogP contribution in [0, 0.1) is 11.3 Å². The van der Waals surface area contributed by atoms with E-state index in [4.69, 9.17) is 4.74 Å². The maximum Gasteiger partial charge on any atom is 0.412 e. The first-order valence-electron chi connectivity index (χ1n) is 10.2. The van der Waals surface area contributed by atoms with Gasteiger partial charge in [-0.1, -0.05) is 69.3 Å². The van der Waals surface area contributed by atoms with Crippen LogP contribution in [0.25, 0.3) is 11.1 Å². The number of aliphatic carboxylic acids is 1. The van der Waals surface area contributed by atoms with Gasteiger partial charge in [-0.3, -0.25) is 4.90 Å². The van der Waals surface area contributed by atoms with Gasteiger partial charge in [0, 0.05) is 18.9 Å². The first kappa shape index (κ1) is 20.4. The molecule has 1 aliphatic heterocycles. The average Bonchev–Trinajstić information content (AvgIpc) is 3.23. The predicted octanol–water partition coefficient (Wildman–Crippen LogP) is 4.08. The zero-order chi connectivity index (χ0) is 21.7. The zero-order valence-corrected chi connectivity index (χ0v) is 17.5. The lowest BCUT2D eigenvalue weighted by atomic mass is 9.79. The highest BCUT2D eigenvalue weighted by Crippen LogP contribution is 2.45. The molecule has 2 N–H and O–H groups in total. The lowest BCUT2D eigenvalue weighted by Gasteiger charge is -2.29. The van der Waals surface area contributed by atoms with Crippen LogP contribution >= 0.6 is 0 Å². The van der Waals surface area contributed by atoms with Gasteiger partial charge in [-0.2, -0.15) is 0 Å². The Hall–Kier alpha value is -2.86. The molecule has 2 atom stereocenters. The third-order valence-corrected chi connectivity index (χ3v) is 6.50. The van der Waals surface area contributed by atoms with Crippen LogP contribution < -0.4 is 0 Å². The number of hydrogen-bond donors (Lipinski definition) is 2. The van der Waals surface area contributed by atoms with Crippen LogP contribution in [0.1, 0.15) is 44.2 Å². The van der Waals surface area contributed by atoms with Crippen LogP contribution in [0.4, 0.5) is 4.79 Å². The molecule has 158 valence electrons. The van der Waals surface area contributed by atoms with E-state index in [-0.39, 0.29) is 36.8 Å². The number of benzene rings is 2. The van der Waals surface area contributed by atoms with E-state index in [0.717, 1.165) is 27.2 Å². The Balaban J connectivity index is 1.55. The first-order valence-corrected chi connectivity index (χ1v) is 10.2. The zero-order valence-electron chi connectivity index (χ0n) is 17.5. The molecule has 2 aromatic rings. The monoisotopic (exact) mass is 409 g/mol. The van der Waals surface area contributed by atoms with Gasteiger partial charge in [-0.15, -0.1) is 0 Å². The predicted molar refractivity (Wildman–Crippen MR) is 112 cm³/mol. The van der Waals surface area contributed by atoms with Crippen molar-refractivity contribution in [2.75, 3.05) is 13.2 Å². The summed E-state index contributed by atoms with van der Waals surface area (Å²) >= 11 is 0. The van der Waals surface area contributed by atoms with Gasteiger partial charge < -0.3 is 14.9 Å². The molecule has 30 heavy (non-hydrogen) atoms. The normalized spacial score (nSPS) is 23.2. The number of carbonyl (C=O) groups is 2. The van der Waals surface area contributed by atoms with Crippen LogP contribution in [0.5, 0.6) is 0 Å². The topological polar surface area (TPSA) is 87.1 Å². The lowest BCUT2D eigenvalue weighted by Crippen LogP contribution is -2.53. The number of rotatable bonds is 3. The summed E-state index contributed by atoms with van der Waals surface area (Å²) in [5, 5.41) is 20.4. The van der Waals surface area contributed by atoms with Crippen molar-refractivity contribution >= 4 is 12.1 Å². The largest absolute Gasteiger partial charge is 0.478 e. The molecule has 1 heterocycles. The van der Waals surface area contributed by atoms with Gasteiger partial charge in [0.05, 0.1) is 0 Å². The Morgan fingerprint density at radius 3 is 2.10 bits per heavy atom. The maximum absolute atomic E-state index is 12.9. The van der Waals surface area contributed by atoms with Crippen LogP contribution in [0.2, 0.25) is 0 Å². The van der Waals surface area contributed by atoms with Gasteiger partial charge in [0.1, 0.15) is 6.61 Å². The smallest absolute Gasteiger partial charge is 0.412 e. The Kier molecular flexibility index (Phi) is 4.85. The molecule has 1 saturated heterocycles. The van der Waals surface area contributed by atoms with Crippen molar-refractivity contribution in [3.63, 3.8) is 0 Å². The summed E-state index contributed by atoms with van der Waals surface area (Å²) in [5.74, 6) is -1.71. The summed E-state index contributed by atoms with van der Waals surface area (Å²) < 4.78 is 5.59. The summed E-state index contributed by atoms with van der Waals surface area (Å²) in [5.41, 5.74) is 1.89. The number of aliphatic hydroxyl groups is 1. The summed E-state index contributed by atoms with van der Waals surface area (Å²) in [7, 11) is 0. The van der Waals surface area contributed by atoms with Crippen LogP contribution in [0.15, 0.2) is 48.5 Å². The minimum Gasteiger partial charge on any atom is -0.478 e. The Labute approximate surface area is 176 Å². The third-order valence-electron chi connectivity index (χ3n) is 6.50. The fourth-order valence-electron chi connectivity index (χ4n) is 4.57. The number of carboxylic acids is 1. The molecule has 0 saturated carbocycles. The SMILES string of the molecule is CC(C)(C)C1CN(C(=O)OCC2c3ccccc3-c3ccccc32)C(O)(C(=O)O)C1. The summed E-state index contributed by atoms with van der Waals surface area (Å²) in [6.45, 7) is 6.14. The molecule has 0 spiro atoms. The number of ether oxygens (including phenoxy) is 1. The minimum absolute atomic E-state index is 0.0178. The molecule has 1 fully saturated rings. The van der Waals surface area contributed by atoms with Gasteiger partial charge in [-0.25, -0.2) is 9.59 Å². The molecule has 1 amide bonds. The van der Waals surface area contributed by atoms with Crippen molar-refractivity contribution < 1.29 is 24.5 Å². The number of carboxylic acid groups (broad SMARTS) is 1. The van der Waals surface area contributed by atoms with E-state index < -0.39 is 17.8 Å². The fourth-order valence-corrected chi connectivity index (χ4v) is 4.57. The van der Waals surface area contributed by atoms with E-state index in [0.29, 0.717) is 0 Å². The highest BCUT2D eigenvalue weighted by molar-refractivity contribution is 5.84. The molecule has 2 unspecified atom stereocenters. The van der Waals surface area contributed by atoms with Gasteiger partial charge in [0.25, 0.3) is 0 Å². The van der Waals surface area contributed by atoms with Crippen LogP contribution in [-0.2, 0) is 9.53 Å². The van der Waals surface area contributed by atoms with E-state index in [1.165, 1.54) is 0 Å². The van der Waals surface area contributed by atoms with E-state index in [2.05, 4.69) is 0 Å². The molecule has 0 radical (unpaired) electrons. The number of fused-ring (bicyclic) bond motifs is 3. The van der Waals surface area contributed by atoms with E-state index in [1.807, 2.05) is 69.3 Å². The molecule has 2 aromatic carbocycles. The molecular formula is C24H27NO5. The molecule has 0 bridgehead atoms. The highest BCUT2D eigenvalue weighted by Gasteiger charge is 2.55. The molecular weight excluding hydrogens is 382 g/mol. The van der Waals surface area contributed by atoms with Gasteiger partial charge >= 0.3 is 12.1 Å². The van der Waals surface area contributed by atoms with Gasteiger partial charge in [0.15, 0.2) is 0 Å². The second kappa shape index (κ2) is 7.13. The molecule has 6 heteroatoms. The summed E-state index contributed by atoms with van der Waals surface area (Å²) in [6, 6.07) is 16.0. The Bertz CT molecular complexity index is 950. The Morgan fingerprint density at radius 2 is 1.60 bits per heavy atom. The van der Waals surface area contributed by atoms with Crippen LogP contribution in [0.3, 0.4) is 0 Å². The van der Waals surface area contributed by atoms with Gasteiger partial charge in [-0.05, 0) is 33.6 Å². The van der Waals surface area contributed by atoms with Crippen LogP contribution in [-0.4, -0.2) is 46.1 Å². The second-order valence-electron chi connectivity index (χ2n) is 9.30.